The lowest BCUT2D eigenvalue weighted by molar-refractivity contribution is -0.128. The Balaban J connectivity index is 2.96. The minimum atomic E-state index is -0.407. The molecular weight excluding hydrogens is 362 g/mol. The van der Waals surface area contributed by atoms with Gasteiger partial charge >= 0.3 is 0 Å². The molecule has 0 amide bonds. The molecule has 3 atom stereocenters. The number of hydrogen-bond donors (Lipinski definition) is 1. The number of hydrogen-bond acceptors (Lipinski definition) is 5. The van der Waals surface area contributed by atoms with Gasteiger partial charge in [0.05, 0.1) is 19.8 Å². The number of carbonyl (C=O) groups is 1. The van der Waals surface area contributed by atoms with Crippen molar-refractivity contribution in [2.75, 3.05) is 33.4 Å². The number of ether oxygens (including phenoxy) is 1. The number of likely N-dealkylation sites (N-methyl/N-ethyl adjacent to an activating group) is 1. The van der Waals surface area contributed by atoms with Crippen molar-refractivity contribution in [2.45, 2.75) is 47.5 Å². The Morgan fingerprint density at radius 3 is 2.59 bits per heavy atom. The number of hydrazone groups is 1. The summed E-state index contributed by atoms with van der Waals surface area (Å²) in [7, 11) is 1.91. The van der Waals surface area contributed by atoms with Crippen molar-refractivity contribution in [3.8, 4) is 0 Å². The van der Waals surface area contributed by atoms with E-state index >= 15 is 0 Å². The van der Waals surface area contributed by atoms with Gasteiger partial charge in [-0.2, -0.15) is 5.10 Å². The van der Waals surface area contributed by atoms with Gasteiger partial charge in [-0.1, -0.05) is 58.6 Å². The second-order valence-electron chi connectivity index (χ2n) is 9.08. The van der Waals surface area contributed by atoms with Crippen LogP contribution in [0.2, 0.25) is 0 Å². The molecule has 29 heavy (non-hydrogen) atoms. The van der Waals surface area contributed by atoms with Crippen LogP contribution in [0.4, 0.5) is 0 Å². The Morgan fingerprint density at radius 1 is 1.38 bits per heavy atom. The average molecular weight is 404 g/mol. The lowest BCUT2D eigenvalue weighted by atomic mass is 9.68. The lowest BCUT2D eigenvalue weighted by Crippen LogP contribution is -2.40. The van der Waals surface area contributed by atoms with Crippen molar-refractivity contribution in [3.63, 3.8) is 0 Å². The zero-order valence-corrected chi connectivity index (χ0v) is 19.3. The molecular formula is C24H41N3O2. The number of nitrogens with one attached hydrogen (secondary N) is 1. The molecule has 1 N–H and O–H groups in total. The van der Waals surface area contributed by atoms with Crippen molar-refractivity contribution in [2.24, 2.45) is 27.8 Å². The first-order valence-corrected chi connectivity index (χ1v) is 10.6. The van der Waals surface area contributed by atoms with E-state index in [1.54, 1.807) is 6.92 Å². The summed E-state index contributed by atoms with van der Waals surface area (Å²) in [5.41, 5.74) is 0.124. The number of Topliss-reactive ketones (excluding diaryl/α,β-unsaturated/α-hetero) is 1. The third-order valence-corrected chi connectivity index (χ3v) is 6.47. The van der Waals surface area contributed by atoms with Crippen molar-refractivity contribution in [3.05, 3.63) is 36.6 Å². The molecule has 0 aliphatic heterocycles. The number of ketones is 1. The third kappa shape index (κ3) is 7.23. The van der Waals surface area contributed by atoms with Crippen LogP contribution in [0.3, 0.4) is 0 Å². The molecule has 3 unspecified atom stereocenters. The number of nitrogens with zero attached hydrogens (tertiary/aromatic N) is 2. The molecule has 1 rings (SSSR count). The summed E-state index contributed by atoms with van der Waals surface area (Å²) in [6.45, 7) is 20.8. The van der Waals surface area contributed by atoms with E-state index in [1.807, 2.05) is 25.9 Å². The highest BCUT2D eigenvalue weighted by Gasteiger charge is 2.39. The molecule has 0 aromatic carbocycles. The normalized spacial score (nSPS) is 19.4. The maximum atomic E-state index is 12.2. The van der Waals surface area contributed by atoms with Crippen LogP contribution in [-0.2, 0) is 9.53 Å². The fourth-order valence-electron chi connectivity index (χ4n) is 3.55. The van der Waals surface area contributed by atoms with Gasteiger partial charge < -0.3 is 10.1 Å². The molecule has 0 saturated heterocycles. The number of allylic oxidation sites excluding steroid dienone is 3. The first kappa shape index (κ1) is 25.3. The van der Waals surface area contributed by atoms with Crippen LogP contribution in [0, 0.1) is 22.7 Å². The first-order valence-electron chi connectivity index (χ1n) is 10.6. The minimum Gasteiger partial charge on any atom is -0.380 e. The van der Waals surface area contributed by atoms with Crippen LogP contribution in [-0.4, -0.2) is 50.9 Å². The summed E-state index contributed by atoms with van der Waals surface area (Å²) in [5.74, 6) is 0.771. The van der Waals surface area contributed by atoms with Crippen LogP contribution in [0.25, 0.3) is 0 Å². The molecule has 0 spiro atoms. The van der Waals surface area contributed by atoms with E-state index in [0.29, 0.717) is 25.7 Å². The average Bonchev–Trinajstić information content (AvgIpc) is 2.68. The summed E-state index contributed by atoms with van der Waals surface area (Å²) in [4.78, 5) is 12.2. The summed E-state index contributed by atoms with van der Waals surface area (Å²) in [6, 6.07) is 0. The molecule has 5 nitrogen and oxygen atoms in total. The monoisotopic (exact) mass is 403 g/mol. The summed E-state index contributed by atoms with van der Waals surface area (Å²) >= 11 is 0. The largest absolute Gasteiger partial charge is 0.380 e. The Hall–Kier alpha value is -1.72. The molecule has 5 heteroatoms. The smallest absolute Gasteiger partial charge is 0.135 e. The van der Waals surface area contributed by atoms with E-state index in [1.165, 1.54) is 0 Å². The van der Waals surface area contributed by atoms with Crippen molar-refractivity contribution in [1.82, 2.24) is 10.3 Å². The Bertz CT molecular complexity index is 624. The molecule has 164 valence electrons. The number of rotatable bonds is 14. The second-order valence-corrected chi connectivity index (χ2v) is 9.08. The fraction of sp³-hybridized carbons (Fsp3) is 0.667. The van der Waals surface area contributed by atoms with Gasteiger partial charge in [-0.15, -0.1) is 0 Å². The van der Waals surface area contributed by atoms with Gasteiger partial charge in [0, 0.05) is 35.7 Å². The topological polar surface area (TPSA) is 53.9 Å². The Morgan fingerprint density at radius 2 is 2.07 bits per heavy atom. The predicted octanol–water partition coefficient (Wildman–Crippen LogP) is 4.43. The van der Waals surface area contributed by atoms with Crippen molar-refractivity contribution < 1.29 is 9.53 Å². The predicted molar refractivity (Wildman–Crippen MR) is 123 cm³/mol. The summed E-state index contributed by atoms with van der Waals surface area (Å²) in [5, 5.41) is 9.20. The molecule has 0 fully saturated rings. The van der Waals surface area contributed by atoms with Gasteiger partial charge in [-0.05, 0) is 32.7 Å². The standard InChI is InChI=1S/C24H41N3O2/c1-19(23(4,5)21(3)28)16-24(6,20(2)27(26-8)15-14-25-7)18-29-17-22-12-10-9-11-13-22/h9-12,19,22,25H,2,8,13-18H2,1,3-7H3. The van der Waals surface area contributed by atoms with E-state index in [2.05, 4.69) is 61.9 Å². The van der Waals surface area contributed by atoms with Crippen LogP contribution in [0.15, 0.2) is 41.7 Å². The van der Waals surface area contributed by atoms with Crippen molar-refractivity contribution >= 4 is 12.5 Å². The molecule has 1 aliphatic rings. The van der Waals surface area contributed by atoms with Crippen molar-refractivity contribution in [1.29, 1.82) is 0 Å². The molecule has 0 radical (unpaired) electrons. The highest BCUT2D eigenvalue weighted by Crippen LogP contribution is 2.42. The van der Waals surface area contributed by atoms with Gasteiger partial charge in [0.2, 0.25) is 0 Å². The van der Waals surface area contributed by atoms with E-state index in [0.717, 1.165) is 25.1 Å². The van der Waals surface area contributed by atoms with E-state index in [9.17, 15) is 4.79 Å². The molecule has 0 aromatic rings. The molecule has 0 heterocycles. The maximum absolute atomic E-state index is 12.2. The van der Waals surface area contributed by atoms with Gasteiger partial charge in [-0.25, -0.2) is 0 Å². The zero-order valence-electron chi connectivity index (χ0n) is 19.3. The second kappa shape index (κ2) is 11.5. The Kier molecular flexibility index (Phi) is 10.0. The third-order valence-electron chi connectivity index (χ3n) is 6.47. The van der Waals surface area contributed by atoms with Gasteiger partial charge in [0.15, 0.2) is 0 Å². The fourth-order valence-corrected chi connectivity index (χ4v) is 3.55. The van der Waals surface area contributed by atoms with Gasteiger partial charge in [0.25, 0.3) is 0 Å². The van der Waals surface area contributed by atoms with Gasteiger partial charge in [0.1, 0.15) is 5.78 Å². The van der Waals surface area contributed by atoms with Crippen LogP contribution in [0.5, 0.6) is 0 Å². The lowest BCUT2D eigenvalue weighted by Gasteiger charge is -2.41. The molecule has 1 aliphatic carbocycles. The molecule has 0 saturated carbocycles. The first-order chi connectivity index (χ1) is 13.6. The quantitative estimate of drug-likeness (QED) is 0.344. The van der Waals surface area contributed by atoms with E-state index in [4.69, 9.17) is 4.74 Å². The van der Waals surface area contributed by atoms with Gasteiger partial charge in [-0.3, -0.25) is 9.80 Å². The van der Waals surface area contributed by atoms with Crippen LogP contribution < -0.4 is 5.32 Å². The van der Waals surface area contributed by atoms with E-state index < -0.39 is 5.41 Å². The molecule has 0 bridgehead atoms. The van der Waals surface area contributed by atoms with Crippen LogP contribution >= 0.6 is 0 Å². The Labute approximate surface area is 178 Å². The SMILES string of the molecule is C=NN(CCNC)C(=C)C(C)(COCC1C=CC=CC1)CC(C)C(C)(C)C(C)=O. The molecule has 0 aromatic heterocycles. The highest BCUT2D eigenvalue weighted by atomic mass is 16.5. The maximum Gasteiger partial charge on any atom is 0.135 e. The zero-order chi connectivity index (χ0) is 22.1. The summed E-state index contributed by atoms with van der Waals surface area (Å²) in [6.07, 6.45) is 10.3. The number of carbonyl (C=O) groups excluding carboxylic acids is 1. The highest BCUT2D eigenvalue weighted by molar-refractivity contribution is 5.81. The van der Waals surface area contributed by atoms with E-state index in [-0.39, 0.29) is 17.1 Å². The van der Waals surface area contributed by atoms with Crippen LogP contribution in [0.1, 0.15) is 47.5 Å². The minimum absolute atomic E-state index is 0.166. The summed E-state index contributed by atoms with van der Waals surface area (Å²) < 4.78 is 6.20.